The molecule has 0 aromatic heterocycles. The highest BCUT2D eigenvalue weighted by atomic mass is 79.9. The van der Waals surface area contributed by atoms with Crippen molar-refractivity contribution in [2.45, 2.75) is 6.92 Å². The lowest BCUT2D eigenvalue weighted by Crippen LogP contribution is -2.14. The van der Waals surface area contributed by atoms with E-state index >= 15 is 0 Å². The van der Waals surface area contributed by atoms with Crippen molar-refractivity contribution in [3.63, 3.8) is 0 Å². The van der Waals surface area contributed by atoms with Crippen LogP contribution in [0.25, 0.3) is 0 Å². The smallest absolute Gasteiger partial charge is 0.259 e. The molecule has 0 spiro atoms. The van der Waals surface area contributed by atoms with Gasteiger partial charge in [0.2, 0.25) is 0 Å². The van der Waals surface area contributed by atoms with Gasteiger partial charge < -0.3 is 10.1 Å². The standard InChI is InChI=1S/C15H13BrClNO2/c1-9-12(17)4-3-5-13(9)18-15(19)11-7-6-10(16)8-14(11)20-2/h3-8H,1-2H3,(H,18,19). The van der Waals surface area contributed by atoms with Gasteiger partial charge >= 0.3 is 0 Å². The second-order valence-electron chi connectivity index (χ2n) is 4.21. The van der Waals surface area contributed by atoms with Crippen LogP contribution in [0.1, 0.15) is 15.9 Å². The molecule has 1 N–H and O–H groups in total. The van der Waals surface area contributed by atoms with Crippen molar-refractivity contribution in [2.75, 3.05) is 12.4 Å². The number of amides is 1. The minimum atomic E-state index is -0.236. The largest absolute Gasteiger partial charge is 0.496 e. The van der Waals surface area contributed by atoms with Gasteiger partial charge in [-0.3, -0.25) is 4.79 Å². The summed E-state index contributed by atoms with van der Waals surface area (Å²) in [6.07, 6.45) is 0. The van der Waals surface area contributed by atoms with Gasteiger partial charge in [-0.15, -0.1) is 0 Å². The number of benzene rings is 2. The average Bonchev–Trinajstić information content (AvgIpc) is 2.43. The maximum atomic E-state index is 12.3. The molecule has 0 radical (unpaired) electrons. The summed E-state index contributed by atoms with van der Waals surface area (Å²) in [6, 6.07) is 10.6. The van der Waals surface area contributed by atoms with Crippen molar-refractivity contribution in [3.05, 3.63) is 57.0 Å². The first-order valence-corrected chi connectivity index (χ1v) is 7.10. The predicted molar refractivity (Wildman–Crippen MR) is 84.8 cm³/mol. The van der Waals surface area contributed by atoms with Crippen LogP contribution in [0.4, 0.5) is 5.69 Å². The molecule has 0 atom stereocenters. The Labute approximate surface area is 131 Å². The molecule has 0 bridgehead atoms. The molecule has 20 heavy (non-hydrogen) atoms. The Balaban J connectivity index is 2.31. The Bertz CT molecular complexity index is 658. The van der Waals surface area contributed by atoms with Crippen LogP contribution in [0.3, 0.4) is 0 Å². The zero-order valence-corrected chi connectivity index (χ0v) is 13.4. The van der Waals surface area contributed by atoms with E-state index in [1.807, 2.05) is 13.0 Å². The number of ether oxygens (including phenoxy) is 1. The first-order chi connectivity index (χ1) is 9.52. The molecule has 0 unspecified atom stereocenters. The molecule has 0 fully saturated rings. The zero-order chi connectivity index (χ0) is 14.7. The molecule has 2 aromatic rings. The number of carbonyl (C=O) groups excluding carboxylic acids is 1. The normalized spacial score (nSPS) is 10.2. The van der Waals surface area contributed by atoms with E-state index in [1.165, 1.54) is 7.11 Å². The minimum Gasteiger partial charge on any atom is -0.496 e. The fourth-order valence-corrected chi connectivity index (χ4v) is 2.30. The summed E-state index contributed by atoms with van der Waals surface area (Å²) in [4.78, 5) is 12.3. The third kappa shape index (κ3) is 3.14. The van der Waals surface area contributed by atoms with Crippen molar-refractivity contribution in [3.8, 4) is 5.75 Å². The highest BCUT2D eigenvalue weighted by Crippen LogP contribution is 2.27. The van der Waals surface area contributed by atoms with Crippen LogP contribution in [0.15, 0.2) is 40.9 Å². The lowest BCUT2D eigenvalue weighted by atomic mass is 10.1. The molecule has 2 aromatic carbocycles. The highest BCUT2D eigenvalue weighted by Gasteiger charge is 2.14. The maximum Gasteiger partial charge on any atom is 0.259 e. The van der Waals surface area contributed by atoms with Crippen LogP contribution in [0.5, 0.6) is 5.75 Å². The number of methoxy groups -OCH3 is 1. The second-order valence-corrected chi connectivity index (χ2v) is 5.53. The van der Waals surface area contributed by atoms with Crippen LogP contribution in [0.2, 0.25) is 5.02 Å². The summed E-state index contributed by atoms with van der Waals surface area (Å²) in [5.74, 6) is 0.274. The van der Waals surface area contributed by atoms with Gasteiger partial charge in [-0.25, -0.2) is 0 Å². The Hall–Kier alpha value is -1.52. The van der Waals surface area contributed by atoms with E-state index in [9.17, 15) is 4.79 Å². The number of hydrogen-bond acceptors (Lipinski definition) is 2. The molecule has 0 aliphatic heterocycles. The number of rotatable bonds is 3. The van der Waals surface area contributed by atoms with Gasteiger partial charge in [-0.2, -0.15) is 0 Å². The Morgan fingerprint density at radius 1 is 1.30 bits per heavy atom. The quantitative estimate of drug-likeness (QED) is 0.869. The predicted octanol–water partition coefficient (Wildman–Crippen LogP) is 4.67. The first-order valence-electron chi connectivity index (χ1n) is 5.93. The lowest BCUT2D eigenvalue weighted by molar-refractivity contribution is 0.102. The van der Waals surface area contributed by atoms with Gasteiger partial charge in [-0.1, -0.05) is 33.6 Å². The Kier molecular flexibility index (Phi) is 4.68. The molecular formula is C15H13BrClNO2. The van der Waals surface area contributed by atoms with E-state index in [2.05, 4.69) is 21.2 Å². The van der Waals surface area contributed by atoms with Gasteiger partial charge in [0.05, 0.1) is 12.7 Å². The average molecular weight is 355 g/mol. The summed E-state index contributed by atoms with van der Waals surface area (Å²) in [6.45, 7) is 1.86. The highest BCUT2D eigenvalue weighted by molar-refractivity contribution is 9.10. The second kappa shape index (κ2) is 6.29. The molecule has 0 aliphatic rings. The number of halogens is 2. The van der Waals surface area contributed by atoms with Crippen molar-refractivity contribution in [2.24, 2.45) is 0 Å². The number of nitrogens with one attached hydrogen (secondary N) is 1. The van der Waals surface area contributed by atoms with Gasteiger partial charge in [-0.05, 0) is 42.8 Å². The fourth-order valence-electron chi connectivity index (χ4n) is 1.79. The SMILES string of the molecule is COc1cc(Br)ccc1C(=O)Nc1cccc(Cl)c1C. The fraction of sp³-hybridized carbons (Fsp3) is 0.133. The summed E-state index contributed by atoms with van der Waals surface area (Å²) < 4.78 is 6.07. The van der Waals surface area contributed by atoms with Crippen LogP contribution < -0.4 is 10.1 Å². The third-order valence-corrected chi connectivity index (χ3v) is 3.83. The number of anilines is 1. The van der Waals surface area contributed by atoms with E-state index in [0.29, 0.717) is 22.0 Å². The van der Waals surface area contributed by atoms with E-state index in [1.54, 1.807) is 30.3 Å². The topological polar surface area (TPSA) is 38.3 Å². The van der Waals surface area contributed by atoms with Gasteiger partial charge in [0, 0.05) is 15.2 Å². The van der Waals surface area contributed by atoms with Crippen molar-refractivity contribution >= 4 is 39.1 Å². The lowest BCUT2D eigenvalue weighted by Gasteiger charge is -2.12. The van der Waals surface area contributed by atoms with E-state index in [0.717, 1.165) is 10.0 Å². The van der Waals surface area contributed by atoms with Crippen LogP contribution in [0, 0.1) is 6.92 Å². The molecule has 5 heteroatoms. The molecule has 3 nitrogen and oxygen atoms in total. The summed E-state index contributed by atoms with van der Waals surface area (Å²) in [5, 5.41) is 3.46. The summed E-state index contributed by atoms with van der Waals surface area (Å²) >= 11 is 9.39. The maximum absolute atomic E-state index is 12.3. The summed E-state index contributed by atoms with van der Waals surface area (Å²) in [7, 11) is 1.53. The molecule has 0 heterocycles. The number of carbonyl (C=O) groups is 1. The molecule has 0 aliphatic carbocycles. The van der Waals surface area contributed by atoms with E-state index < -0.39 is 0 Å². The van der Waals surface area contributed by atoms with Crippen LogP contribution >= 0.6 is 27.5 Å². The van der Waals surface area contributed by atoms with Crippen molar-refractivity contribution in [1.82, 2.24) is 0 Å². The molecule has 0 saturated heterocycles. The van der Waals surface area contributed by atoms with Gasteiger partial charge in [0.25, 0.3) is 5.91 Å². The molecule has 2 rings (SSSR count). The molecule has 1 amide bonds. The molecule has 0 saturated carbocycles. The van der Waals surface area contributed by atoms with Crippen LogP contribution in [-0.4, -0.2) is 13.0 Å². The van der Waals surface area contributed by atoms with Crippen molar-refractivity contribution in [1.29, 1.82) is 0 Å². The van der Waals surface area contributed by atoms with E-state index in [-0.39, 0.29) is 5.91 Å². The number of hydrogen-bond donors (Lipinski definition) is 1. The Morgan fingerprint density at radius 3 is 2.75 bits per heavy atom. The monoisotopic (exact) mass is 353 g/mol. The van der Waals surface area contributed by atoms with Gasteiger partial charge in [0.15, 0.2) is 0 Å². The minimum absolute atomic E-state index is 0.236. The van der Waals surface area contributed by atoms with E-state index in [4.69, 9.17) is 16.3 Å². The molecule has 104 valence electrons. The first kappa shape index (κ1) is 14.9. The van der Waals surface area contributed by atoms with Crippen molar-refractivity contribution < 1.29 is 9.53 Å². The zero-order valence-electron chi connectivity index (χ0n) is 11.0. The molecular weight excluding hydrogens is 342 g/mol. The summed E-state index contributed by atoms with van der Waals surface area (Å²) in [5.41, 5.74) is 1.99. The third-order valence-electron chi connectivity index (χ3n) is 2.92. The van der Waals surface area contributed by atoms with Gasteiger partial charge in [0.1, 0.15) is 5.75 Å². The Morgan fingerprint density at radius 2 is 2.05 bits per heavy atom. The van der Waals surface area contributed by atoms with Crippen LogP contribution in [-0.2, 0) is 0 Å².